The van der Waals surface area contributed by atoms with Crippen LogP contribution in [0, 0.1) is 6.92 Å². The van der Waals surface area contributed by atoms with Crippen molar-refractivity contribution in [1.82, 2.24) is 0 Å². The second kappa shape index (κ2) is 10.7. The van der Waals surface area contributed by atoms with Crippen molar-refractivity contribution in [2.75, 3.05) is 13.2 Å². The number of hydrogen-bond donors (Lipinski definition) is 1. The minimum absolute atomic E-state index is 0.0158. The highest BCUT2D eigenvalue weighted by Crippen LogP contribution is 2.47. The first kappa shape index (κ1) is 25.6. The van der Waals surface area contributed by atoms with Crippen LogP contribution in [0.2, 0.25) is 0 Å². The van der Waals surface area contributed by atoms with Crippen LogP contribution in [0.4, 0.5) is 4.39 Å². The van der Waals surface area contributed by atoms with Crippen molar-refractivity contribution in [2.24, 2.45) is 0 Å². The summed E-state index contributed by atoms with van der Waals surface area (Å²) in [6.07, 6.45) is 0.754. The number of aryl methyl sites for hydroxylation is 1. The minimum atomic E-state index is -1.17. The average molecular weight is 505 g/mol. The number of halogens is 1. The van der Waals surface area contributed by atoms with Gasteiger partial charge in [0.05, 0.1) is 11.1 Å². The van der Waals surface area contributed by atoms with E-state index in [2.05, 4.69) is 11.3 Å². The third-order valence-corrected chi connectivity index (χ3v) is 6.19. The van der Waals surface area contributed by atoms with Crippen LogP contribution in [0.25, 0.3) is 11.1 Å². The SMILES string of the molecule is C=C(F)C(=O)OCCOc1ccc(OC(=O)c2ccc3c(c2)C(CC)c2cc(C(=O)O)ccc2-3)cc1C. The first-order valence-electron chi connectivity index (χ1n) is 11.7. The number of hydrogen-bond acceptors (Lipinski definition) is 6. The number of benzene rings is 3. The summed E-state index contributed by atoms with van der Waals surface area (Å²) in [4.78, 5) is 35.4. The molecule has 0 fully saturated rings. The normalized spacial score (nSPS) is 13.3. The van der Waals surface area contributed by atoms with Gasteiger partial charge in [-0.15, -0.1) is 0 Å². The standard InChI is InChI=1S/C29H25FO7/c1-4-21-24-14-18(27(31)32)5-8-22(24)23-9-6-19(15-25(21)23)29(34)37-20-7-10-26(16(2)13-20)35-11-12-36-28(33)17(3)30/h5-10,13-15,21H,3-4,11-12H2,1-2H3,(H,31,32). The Labute approximate surface area is 213 Å². The number of carbonyl (C=O) groups is 3. The van der Waals surface area contributed by atoms with Gasteiger partial charge in [0.15, 0.2) is 0 Å². The number of carboxylic acid groups (broad SMARTS) is 1. The topological polar surface area (TPSA) is 99.1 Å². The molecule has 190 valence electrons. The van der Waals surface area contributed by atoms with Gasteiger partial charge in [-0.1, -0.05) is 25.6 Å². The molecule has 8 heteroatoms. The second-order valence-electron chi connectivity index (χ2n) is 8.58. The molecular formula is C29H25FO7. The summed E-state index contributed by atoms with van der Waals surface area (Å²) in [5.74, 6) is -2.99. The molecule has 7 nitrogen and oxygen atoms in total. The zero-order valence-corrected chi connectivity index (χ0v) is 20.4. The third-order valence-electron chi connectivity index (χ3n) is 6.19. The van der Waals surface area contributed by atoms with Gasteiger partial charge in [-0.2, -0.15) is 4.39 Å². The van der Waals surface area contributed by atoms with Crippen molar-refractivity contribution >= 4 is 17.9 Å². The molecule has 0 radical (unpaired) electrons. The Hall–Kier alpha value is -4.46. The fourth-order valence-electron chi connectivity index (χ4n) is 4.44. The minimum Gasteiger partial charge on any atom is -0.490 e. The van der Waals surface area contributed by atoms with E-state index in [1.54, 1.807) is 43.3 Å². The molecule has 3 aromatic carbocycles. The van der Waals surface area contributed by atoms with Gasteiger partial charge in [0, 0.05) is 5.92 Å². The van der Waals surface area contributed by atoms with Crippen molar-refractivity contribution in [3.8, 4) is 22.6 Å². The van der Waals surface area contributed by atoms with Crippen molar-refractivity contribution in [3.05, 3.63) is 94.8 Å². The maximum atomic E-state index is 12.9. The van der Waals surface area contributed by atoms with E-state index in [0.29, 0.717) is 22.6 Å². The molecule has 1 aliphatic rings. The van der Waals surface area contributed by atoms with Crippen LogP contribution in [0.1, 0.15) is 56.7 Å². The van der Waals surface area contributed by atoms with E-state index in [1.807, 2.05) is 25.1 Å². The molecule has 0 bridgehead atoms. The molecule has 37 heavy (non-hydrogen) atoms. The molecule has 0 heterocycles. The zero-order valence-electron chi connectivity index (χ0n) is 20.4. The highest BCUT2D eigenvalue weighted by Gasteiger charge is 2.29. The number of rotatable bonds is 9. The lowest BCUT2D eigenvalue weighted by Gasteiger charge is -2.13. The highest BCUT2D eigenvalue weighted by atomic mass is 19.1. The largest absolute Gasteiger partial charge is 0.490 e. The maximum absolute atomic E-state index is 12.9. The lowest BCUT2D eigenvalue weighted by Crippen LogP contribution is -2.12. The van der Waals surface area contributed by atoms with Gasteiger partial charge in [-0.05, 0) is 83.6 Å². The number of carboxylic acids is 1. The van der Waals surface area contributed by atoms with Crippen LogP contribution < -0.4 is 9.47 Å². The highest BCUT2D eigenvalue weighted by molar-refractivity contribution is 5.94. The Balaban J connectivity index is 1.45. The monoisotopic (exact) mass is 504 g/mol. The van der Waals surface area contributed by atoms with Gasteiger partial charge in [0.1, 0.15) is 24.7 Å². The maximum Gasteiger partial charge on any atom is 0.366 e. The fourth-order valence-corrected chi connectivity index (χ4v) is 4.44. The number of aromatic carboxylic acids is 1. The van der Waals surface area contributed by atoms with Gasteiger partial charge >= 0.3 is 17.9 Å². The molecular weight excluding hydrogens is 479 g/mol. The van der Waals surface area contributed by atoms with Crippen LogP contribution >= 0.6 is 0 Å². The van der Waals surface area contributed by atoms with Gasteiger partial charge < -0.3 is 19.3 Å². The summed E-state index contributed by atoms with van der Waals surface area (Å²) >= 11 is 0. The molecule has 0 aliphatic heterocycles. The van der Waals surface area contributed by atoms with E-state index >= 15 is 0 Å². The first-order chi connectivity index (χ1) is 17.7. The van der Waals surface area contributed by atoms with Crippen molar-refractivity contribution in [1.29, 1.82) is 0 Å². The van der Waals surface area contributed by atoms with Crippen molar-refractivity contribution < 1.29 is 38.1 Å². The summed E-state index contributed by atoms with van der Waals surface area (Å²) < 4.78 is 28.4. The summed E-state index contributed by atoms with van der Waals surface area (Å²) in [6, 6.07) is 15.4. The molecule has 4 rings (SSSR count). The first-order valence-corrected chi connectivity index (χ1v) is 11.7. The summed E-state index contributed by atoms with van der Waals surface area (Å²) in [7, 11) is 0. The Morgan fingerprint density at radius 1 is 0.946 bits per heavy atom. The van der Waals surface area contributed by atoms with E-state index in [9.17, 15) is 23.9 Å². The number of ether oxygens (including phenoxy) is 3. The van der Waals surface area contributed by atoms with Crippen LogP contribution in [0.5, 0.6) is 11.5 Å². The fraction of sp³-hybridized carbons (Fsp3) is 0.207. The lowest BCUT2D eigenvalue weighted by molar-refractivity contribution is -0.141. The van der Waals surface area contributed by atoms with Crippen molar-refractivity contribution in [2.45, 2.75) is 26.2 Å². The summed E-state index contributed by atoms with van der Waals surface area (Å²) in [5.41, 5.74) is 5.18. The predicted octanol–water partition coefficient (Wildman–Crippen LogP) is 5.84. The molecule has 0 spiro atoms. The Morgan fingerprint density at radius 3 is 2.19 bits per heavy atom. The molecule has 0 aromatic heterocycles. The smallest absolute Gasteiger partial charge is 0.366 e. The van der Waals surface area contributed by atoms with E-state index in [1.165, 1.54) is 0 Å². The molecule has 0 saturated heterocycles. The van der Waals surface area contributed by atoms with E-state index in [0.717, 1.165) is 28.7 Å². The van der Waals surface area contributed by atoms with Crippen LogP contribution in [-0.4, -0.2) is 36.2 Å². The van der Waals surface area contributed by atoms with Crippen LogP contribution in [-0.2, 0) is 9.53 Å². The summed E-state index contributed by atoms with van der Waals surface area (Å²) in [6.45, 7) is 6.53. The number of fused-ring (bicyclic) bond motifs is 3. The van der Waals surface area contributed by atoms with Gasteiger partial charge in [-0.25, -0.2) is 14.4 Å². The van der Waals surface area contributed by atoms with Crippen LogP contribution in [0.3, 0.4) is 0 Å². The van der Waals surface area contributed by atoms with E-state index < -0.39 is 23.7 Å². The molecule has 1 atom stereocenters. The zero-order chi connectivity index (χ0) is 26.7. The molecule has 1 N–H and O–H groups in total. The lowest BCUT2D eigenvalue weighted by atomic mass is 9.92. The molecule has 1 aliphatic carbocycles. The molecule has 1 unspecified atom stereocenters. The van der Waals surface area contributed by atoms with Gasteiger partial charge in [0.2, 0.25) is 5.83 Å². The predicted molar refractivity (Wildman–Crippen MR) is 134 cm³/mol. The average Bonchev–Trinajstić information content (AvgIpc) is 3.19. The van der Waals surface area contributed by atoms with Gasteiger partial charge in [0.25, 0.3) is 0 Å². The third kappa shape index (κ3) is 5.38. The molecule has 3 aromatic rings. The Kier molecular flexibility index (Phi) is 7.38. The van der Waals surface area contributed by atoms with E-state index in [-0.39, 0.29) is 24.7 Å². The molecule has 0 amide bonds. The summed E-state index contributed by atoms with van der Waals surface area (Å²) in [5, 5.41) is 9.38. The second-order valence-corrected chi connectivity index (χ2v) is 8.58. The van der Waals surface area contributed by atoms with Gasteiger partial charge in [-0.3, -0.25) is 0 Å². The number of esters is 2. The van der Waals surface area contributed by atoms with Crippen molar-refractivity contribution in [3.63, 3.8) is 0 Å². The Bertz CT molecular complexity index is 1410. The van der Waals surface area contributed by atoms with E-state index in [4.69, 9.17) is 9.47 Å². The Morgan fingerprint density at radius 2 is 1.59 bits per heavy atom. The number of carbonyl (C=O) groups excluding carboxylic acids is 2. The van der Waals surface area contributed by atoms with Crippen LogP contribution in [0.15, 0.2) is 67.0 Å². The quantitative estimate of drug-likeness (QED) is 0.169. The molecule has 0 saturated carbocycles.